The molecule has 0 N–H and O–H groups in total. The average Bonchev–Trinajstić information content (AvgIpc) is 3.31. The largest absolute Gasteiger partial charge is 0.277 e. The summed E-state index contributed by atoms with van der Waals surface area (Å²) in [5.74, 6) is 1.35. The van der Waals surface area contributed by atoms with Crippen molar-refractivity contribution in [2.45, 2.75) is 32.1 Å². The number of hydrogen-bond acceptors (Lipinski definition) is 14. The molecule has 1 aromatic carbocycles. The van der Waals surface area contributed by atoms with E-state index in [9.17, 15) is 0 Å². The molecule has 14 heteroatoms. The first-order valence-electron chi connectivity index (χ1n) is 19.3. The number of dihydropyridines is 2. The molecule has 7 aliphatic heterocycles. The van der Waals surface area contributed by atoms with Gasteiger partial charge in [-0.25, -0.2) is 20.0 Å². The van der Waals surface area contributed by atoms with Crippen LogP contribution in [0.1, 0.15) is 43.5 Å². The average molecular weight is 765 g/mol. The lowest BCUT2D eigenvalue weighted by atomic mass is 10.1. The monoisotopic (exact) mass is 764 g/mol. The number of amidine groups is 2. The molecular formula is C44H40N14. The molecular weight excluding hydrogens is 725 g/mol. The van der Waals surface area contributed by atoms with E-state index in [4.69, 9.17) is 0 Å². The molecule has 0 radical (unpaired) electrons. The van der Waals surface area contributed by atoms with E-state index in [-0.39, 0.29) is 0 Å². The Hall–Kier alpha value is -7.22. The van der Waals surface area contributed by atoms with Gasteiger partial charge in [-0.2, -0.15) is 0 Å². The standard InChI is InChI=1S/C12H10N2.C10H8N4.2C8H8N2.C6H6N4/c1-2-6-10-9(5-1)13-11-7-3-4-8-12(11)14-10;1-2-12-8-6-10-9(5-7(8)11-1)13-3-4-14-10;1-3-7-8(9-5-1)4-2-6-10-7;1-2-4-8-7(3-1)9-5-6-10-8;1-2-8-6-5(7-1)9-3-4-10-6/h1,4-8H,2-3H2;1,4-6H,2-3H2;3-6H,1-2H2;1,3-4,6H,2,5H2;1,4H,2-3H2. The Bertz CT molecular complexity index is 2300. The van der Waals surface area contributed by atoms with E-state index in [1.165, 1.54) is 0 Å². The van der Waals surface area contributed by atoms with E-state index >= 15 is 0 Å². The van der Waals surface area contributed by atoms with E-state index in [0.29, 0.717) is 37.9 Å². The number of nitrogens with zero attached hydrogens (tertiary/aromatic N) is 14. The first kappa shape index (κ1) is 37.7. The van der Waals surface area contributed by atoms with Gasteiger partial charge in [0.1, 0.15) is 0 Å². The van der Waals surface area contributed by atoms with Crippen molar-refractivity contribution in [3.63, 3.8) is 0 Å². The van der Waals surface area contributed by atoms with Gasteiger partial charge < -0.3 is 0 Å². The summed E-state index contributed by atoms with van der Waals surface area (Å²) in [4.78, 5) is 59.5. The maximum atomic E-state index is 4.57. The van der Waals surface area contributed by atoms with Crippen LogP contribution in [0.15, 0.2) is 132 Å². The summed E-state index contributed by atoms with van der Waals surface area (Å²) in [7, 11) is 0. The van der Waals surface area contributed by atoms with Gasteiger partial charge in [-0.3, -0.25) is 49.9 Å². The third-order valence-electron chi connectivity index (χ3n) is 9.06. The molecule has 286 valence electrons. The second kappa shape index (κ2) is 19.1. The van der Waals surface area contributed by atoms with Gasteiger partial charge in [-0.1, -0.05) is 48.6 Å². The van der Waals surface area contributed by atoms with Crippen LogP contribution in [0.3, 0.4) is 0 Å². The van der Waals surface area contributed by atoms with Gasteiger partial charge in [0.25, 0.3) is 0 Å². The topological polar surface area (TPSA) is 174 Å². The Labute approximate surface area is 335 Å². The van der Waals surface area contributed by atoms with Crippen LogP contribution >= 0.6 is 0 Å². The molecule has 0 saturated carbocycles. The molecule has 12 rings (SSSR count). The molecule has 0 amide bonds. The number of rotatable bonds is 0. The molecule has 0 fully saturated rings. The van der Waals surface area contributed by atoms with Crippen molar-refractivity contribution in [3.8, 4) is 0 Å². The fourth-order valence-electron chi connectivity index (χ4n) is 6.33. The van der Waals surface area contributed by atoms with Crippen LogP contribution in [-0.4, -0.2) is 104 Å². The van der Waals surface area contributed by atoms with Gasteiger partial charge in [0.2, 0.25) is 0 Å². The molecule has 0 saturated heterocycles. The zero-order valence-electron chi connectivity index (χ0n) is 31.9. The molecule has 8 heterocycles. The minimum absolute atomic E-state index is 0.631. The van der Waals surface area contributed by atoms with Gasteiger partial charge in [0, 0.05) is 56.3 Å². The molecule has 0 spiro atoms. The fourth-order valence-corrected chi connectivity index (χ4v) is 6.33. The quantitative estimate of drug-likeness (QED) is 0.391. The molecule has 0 unspecified atom stereocenters. The van der Waals surface area contributed by atoms with Crippen LogP contribution in [0.25, 0.3) is 24.3 Å². The van der Waals surface area contributed by atoms with E-state index in [2.05, 4.69) is 131 Å². The molecule has 1 aromatic heterocycles. The predicted octanol–water partition coefficient (Wildman–Crippen LogP) is 4.24. The molecule has 14 nitrogen and oxygen atoms in total. The second-order valence-corrected chi connectivity index (χ2v) is 13.1. The zero-order chi connectivity index (χ0) is 39.2. The third-order valence-corrected chi connectivity index (χ3v) is 9.06. The summed E-state index contributed by atoms with van der Waals surface area (Å²) in [6.07, 6.45) is 40.5. The summed E-state index contributed by atoms with van der Waals surface area (Å²) >= 11 is 0. The highest BCUT2D eigenvalue weighted by Gasteiger charge is 2.11. The number of aromatic nitrogens is 2. The first-order chi connectivity index (χ1) is 28.8. The molecule has 0 atom stereocenters. The van der Waals surface area contributed by atoms with Crippen molar-refractivity contribution >= 4 is 96.6 Å². The van der Waals surface area contributed by atoms with Gasteiger partial charge in [0.05, 0.1) is 99.7 Å². The lowest BCUT2D eigenvalue weighted by Crippen LogP contribution is -2.27. The van der Waals surface area contributed by atoms with Gasteiger partial charge in [-0.15, -0.1) is 0 Å². The van der Waals surface area contributed by atoms with Crippen LogP contribution in [-0.2, 0) is 0 Å². The first-order valence-corrected chi connectivity index (χ1v) is 19.3. The predicted molar refractivity (Wildman–Crippen MR) is 239 cm³/mol. The van der Waals surface area contributed by atoms with Gasteiger partial charge in [-0.05, 0) is 49.6 Å². The van der Waals surface area contributed by atoms with Crippen LogP contribution in [0.5, 0.6) is 0 Å². The van der Waals surface area contributed by atoms with E-state index in [1.54, 1.807) is 24.9 Å². The number of aliphatic imine (C=N–C) groups is 10. The summed E-state index contributed by atoms with van der Waals surface area (Å²) in [5, 5.41) is 3.87. The van der Waals surface area contributed by atoms with Gasteiger partial charge in [0.15, 0.2) is 11.7 Å². The highest BCUT2D eigenvalue weighted by atomic mass is 15.1. The normalized spacial score (nSPS) is 19.2. The van der Waals surface area contributed by atoms with Crippen molar-refractivity contribution in [2.75, 3.05) is 32.7 Å². The van der Waals surface area contributed by atoms with E-state index in [0.717, 1.165) is 106 Å². The fraction of sp³-hybridized carbons (Fsp3) is 0.227. The lowest BCUT2D eigenvalue weighted by Gasteiger charge is -2.09. The zero-order valence-corrected chi connectivity index (χ0v) is 31.9. The number of fused-ring (bicyclic) bond motifs is 7. The van der Waals surface area contributed by atoms with Crippen molar-refractivity contribution in [2.24, 2.45) is 59.9 Å². The minimum Gasteiger partial charge on any atom is -0.277 e. The highest BCUT2D eigenvalue weighted by Crippen LogP contribution is 2.20. The summed E-state index contributed by atoms with van der Waals surface area (Å²) < 4.78 is 0. The van der Waals surface area contributed by atoms with Gasteiger partial charge >= 0.3 is 0 Å². The smallest absolute Gasteiger partial charge is 0.192 e. The Morgan fingerprint density at radius 1 is 0.362 bits per heavy atom. The van der Waals surface area contributed by atoms with Crippen LogP contribution in [0.2, 0.25) is 0 Å². The van der Waals surface area contributed by atoms with Crippen molar-refractivity contribution in [1.29, 1.82) is 0 Å². The maximum absolute atomic E-state index is 4.57. The Morgan fingerprint density at radius 2 is 0.810 bits per heavy atom. The summed E-state index contributed by atoms with van der Waals surface area (Å²) in [5.41, 5.74) is 7.94. The minimum atomic E-state index is 0.631. The van der Waals surface area contributed by atoms with Crippen LogP contribution < -0.4 is 21.4 Å². The van der Waals surface area contributed by atoms with Crippen molar-refractivity contribution < 1.29 is 0 Å². The van der Waals surface area contributed by atoms with Crippen molar-refractivity contribution in [3.05, 3.63) is 105 Å². The number of hydrogen-bond donors (Lipinski definition) is 0. The second-order valence-electron chi connectivity index (χ2n) is 13.1. The third kappa shape index (κ3) is 9.77. The number of allylic oxidation sites excluding steroid dienone is 7. The number of benzene rings is 1. The Kier molecular flexibility index (Phi) is 12.4. The highest BCUT2D eigenvalue weighted by molar-refractivity contribution is 6.44. The summed E-state index contributed by atoms with van der Waals surface area (Å²) in [6, 6.07) is 3.89. The van der Waals surface area contributed by atoms with Crippen LogP contribution in [0.4, 0.5) is 11.4 Å². The molecule has 58 heavy (non-hydrogen) atoms. The Balaban J connectivity index is 0.000000102. The van der Waals surface area contributed by atoms with E-state index in [1.807, 2.05) is 36.9 Å². The molecule has 10 aliphatic rings. The Morgan fingerprint density at radius 3 is 1.38 bits per heavy atom. The lowest BCUT2D eigenvalue weighted by molar-refractivity contribution is 1.04. The molecule has 3 aliphatic carbocycles. The van der Waals surface area contributed by atoms with Crippen molar-refractivity contribution in [1.82, 2.24) is 9.97 Å². The molecule has 0 bridgehead atoms. The van der Waals surface area contributed by atoms with Crippen LogP contribution in [0, 0.1) is 0 Å². The SMILES string of the molecule is C1=CC2=NCC=NC2=CC1.C1=Cc2nc3c(nc2=CC1)C=CCC=3.C1=NC2=CCC=NC2=CC1.C1=NC2=NCC=NC2=NC1.C1=Nc2cc3c(cc2=NC1)N=CCN=3. The van der Waals surface area contributed by atoms with E-state index < -0.39 is 0 Å². The molecule has 2 aromatic rings. The summed E-state index contributed by atoms with van der Waals surface area (Å²) in [6.45, 7) is 3.31. The maximum Gasteiger partial charge on any atom is 0.192 e.